The minimum atomic E-state index is -4.41. The molecular formula is C39H40F4N6O2S. The summed E-state index contributed by atoms with van der Waals surface area (Å²) in [5.41, 5.74) is 4.20. The zero-order valence-corrected chi connectivity index (χ0v) is 29.9. The molecule has 0 spiro atoms. The van der Waals surface area contributed by atoms with E-state index >= 15 is 0 Å². The van der Waals surface area contributed by atoms with Crippen LogP contribution in [0.5, 0.6) is 0 Å². The van der Waals surface area contributed by atoms with Crippen LogP contribution in [0.4, 0.5) is 17.6 Å². The van der Waals surface area contributed by atoms with Gasteiger partial charge in [-0.1, -0.05) is 74.1 Å². The molecule has 1 aliphatic carbocycles. The van der Waals surface area contributed by atoms with Crippen LogP contribution in [0.15, 0.2) is 88.9 Å². The van der Waals surface area contributed by atoms with Crippen molar-refractivity contribution in [2.75, 3.05) is 26.2 Å². The van der Waals surface area contributed by atoms with E-state index in [-0.39, 0.29) is 23.8 Å². The topological polar surface area (TPSA) is 85.1 Å². The van der Waals surface area contributed by atoms with Crippen molar-refractivity contribution in [1.82, 2.24) is 29.3 Å². The Labute approximate surface area is 303 Å². The van der Waals surface area contributed by atoms with Gasteiger partial charge in [0.2, 0.25) is 0 Å². The van der Waals surface area contributed by atoms with Crippen molar-refractivity contribution in [2.45, 2.75) is 63.3 Å². The summed E-state index contributed by atoms with van der Waals surface area (Å²) in [6.45, 7) is 7.62. The molecule has 2 aromatic heterocycles. The molecule has 0 bridgehead atoms. The lowest BCUT2D eigenvalue weighted by molar-refractivity contribution is -0.137. The van der Waals surface area contributed by atoms with Crippen LogP contribution in [0.2, 0.25) is 0 Å². The second-order valence-corrected chi connectivity index (χ2v) is 13.6. The van der Waals surface area contributed by atoms with Gasteiger partial charge in [-0.25, -0.2) is 9.37 Å². The van der Waals surface area contributed by atoms with Gasteiger partial charge in [0, 0.05) is 36.6 Å². The van der Waals surface area contributed by atoms with Gasteiger partial charge in [-0.05, 0) is 78.9 Å². The van der Waals surface area contributed by atoms with Crippen LogP contribution in [0.25, 0.3) is 11.1 Å². The number of hydrogen-bond donors (Lipinski definition) is 1. The average molecular weight is 733 g/mol. The van der Waals surface area contributed by atoms with Gasteiger partial charge in [0.25, 0.3) is 11.5 Å². The first-order valence-corrected chi connectivity index (χ1v) is 18.3. The number of fused-ring (bicyclic) bond motifs is 1. The van der Waals surface area contributed by atoms with Crippen LogP contribution in [0.1, 0.15) is 64.5 Å². The molecule has 0 saturated heterocycles. The minimum Gasteiger partial charge on any atom is -0.349 e. The number of aromatic nitrogens is 4. The van der Waals surface area contributed by atoms with Crippen molar-refractivity contribution < 1.29 is 22.4 Å². The molecule has 1 aliphatic rings. The van der Waals surface area contributed by atoms with Gasteiger partial charge in [0.15, 0.2) is 5.16 Å². The summed E-state index contributed by atoms with van der Waals surface area (Å²) >= 11 is 1.39. The summed E-state index contributed by atoms with van der Waals surface area (Å²) in [7, 11) is 0. The van der Waals surface area contributed by atoms with E-state index in [0.29, 0.717) is 66.0 Å². The van der Waals surface area contributed by atoms with Crippen molar-refractivity contribution in [3.63, 3.8) is 0 Å². The highest BCUT2D eigenvalue weighted by atomic mass is 32.2. The maximum atomic E-state index is 13.6. The second-order valence-electron chi connectivity index (χ2n) is 12.7. The molecule has 8 nitrogen and oxygen atoms in total. The first-order chi connectivity index (χ1) is 25.0. The SMILES string of the molecule is CCN(CC)CCNC(=O)c1cnc(Cn2c(SCc3ccc(F)cc3)nc(=O)c3c2CCC3)n1Cc1ccc(-c2ccc(C(F)(F)F)cc2)cc1. The van der Waals surface area contributed by atoms with E-state index in [1.165, 1.54) is 36.0 Å². The van der Waals surface area contributed by atoms with Crippen LogP contribution >= 0.6 is 11.8 Å². The number of carbonyl (C=O) groups is 1. The number of amides is 1. The van der Waals surface area contributed by atoms with Gasteiger partial charge in [-0.3, -0.25) is 9.59 Å². The average Bonchev–Trinajstić information content (AvgIpc) is 3.79. The molecule has 0 aliphatic heterocycles. The first kappa shape index (κ1) is 37.0. The number of nitrogens with one attached hydrogen (secondary N) is 1. The lowest BCUT2D eigenvalue weighted by atomic mass is 10.0. The van der Waals surface area contributed by atoms with E-state index in [4.69, 9.17) is 4.98 Å². The third-order valence-electron chi connectivity index (χ3n) is 9.40. The van der Waals surface area contributed by atoms with Crippen LogP contribution in [0, 0.1) is 5.82 Å². The van der Waals surface area contributed by atoms with Crippen LogP contribution in [-0.4, -0.2) is 56.1 Å². The quantitative estimate of drug-likeness (QED) is 0.0738. The number of benzene rings is 3. The highest BCUT2D eigenvalue weighted by Crippen LogP contribution is 2.31. The number of alkyl halides is 3. The monoisotopic (exact) mass is 732 g/mol. The van der Waals surface area contributed by atoms with E-state index in [2.05, 4.69) is 29.0 Å². The number of carbonyl (C=O) groups excluding carboxylic acids is 1. The van der Waals surface area contributed by atoms with E-state index in [0.717, 1.165) is 54.0 Å². The molecule has 0 atom stereocenters. The predicted molar refractivity (Wildman–Crippen MR) is 194 cm³/mol. The van der Waals surface area contributed by atoms with Gasteiger partial charge in [-0.2, -0.15) is 18.2 Å². The first-order valence-electron chi connectivity index (χ1n) is 17.3. The molecule has 0 fully saturated rings. The largest absolute Gasteiger partial charge is 0.416 e. The van der Waals surface area contributed by atoms with E-state index in [1.54, 1.807) is 18.3 Å². The summed E-state index contributed by atoms with van der Waals surface area (Å²) < 4.78 is 56.8. The van der Waals surface area contributed by atoms with Crippen molar-refractivity contribution in [1.29, 1.82) is 0 Å². The number of thioether (sulfide) groups is 1. The molecule has 13 heteroatoms. The lowest BCUT2D eigenvalue weighted by Crippen LogP contribution is -2.35. The molecule has 0 unspecified atom stereocenters. The number of likely N-dealkylation sites (N-methyl/N-ethyl adjacent to an activating group) is 1. The molecule has 272 valence electrons. The summed E-state index contributed by atoms with van der Waals surface area (Å²) in [6, 6.07) is 18.7. The molecule has 3 aromatic carbocycles. The summed E-state index contributed by atoms with van der Waals surface area (Å²) in [5.74, 6) is 0.492. The van der Waals surface area contributed by atoms with Gasteiger partial charge >= 0.3 is 6.18 Å². The zero-order valence-electron chi connectivity index (χ0n) is 29.0. The van der Waals surface area contributed by atoms with Gasteiger partial charge < -0.3 is 19.4 Å². The highest BCUT2D eigenvalue weighted by molar-refractivity contribution is 7.98. The Morgan fingerprint density at radius 1 is 0.885 bits per heavy atom. The van der Waals surface area contributed by atoms with E-state index < -0.39 is 11.7 Å². The molecule has 1 amide bonds. The Morgan fingerprint density at radius 2 is 1.54 bits per heavy atom. The third kappa shape index (κ3) is 8.64. The molecule has 5 aromatic rings. The number of nitrogens with zero attached hydrogens (tertiary/aromatic N) is 5. The Bertz CT molecular complexity index is 2060. The molecule has 1 N–H and O–H groups in total. The predicted octanol–water partition coefficient (Wildman–Crippen LogP) is 7.21. The molecule has 0 radical (unpaired) electrons. The molecule has 52 heavy (non-hydrogen) atoms. The molecule has 2 heterocycles. The summed E-state index contributed by atoms with van der Waals surface area (Å²) in [5, 5.41) is 3.56. The standard InChI is InChI=1S/C39H40F4N6O2S/c1-3-47(4-2)21-20-44-37(51)34-22-45-35(48(34)23-26-8-12-28(13-9-26)29-14-16-30(17-15-29)39(41,42)43)24-49-33-7-5-6-32(33)36(50)46-38(49)52-25-27-10-18-31(40)19-11-27/h8-19,22H,3-7,20-21,23-25H2,1-2H3,(H,44,51). The smallest absolute Gasteiger partial charge is 0.349 e. The summed E-state index contributed by atoms with van der Waals surface area (Å²) in [6.07, 6.45) is -0.655. The van der Waals surface area contributed by atoms with E-state index in [9.17, 15) is 27.2 Å². The van der Waals surface area contributed by atoms with Gasteiger partial charge in [0.1, 0.15) is 17.3 Å². The van der Waals surface area contributed by atoms with E-state index in [1.807, 2.05) is 33.4 Å². The summed E-state index contributed by atoms with van der Waals surface area (Å²) in [4.78, 5) is 38.1. The highest BCUT2D eigenvalue weighted by Gasteiger charge is 2.30. The Hall–Kier alpha value is -4.75. The third-order valence-corrected chi connectivity index (χ3v) is 10.4. The van der Waals surface area contributed by atoms with Crippen LogP contribution < -0.4 is 10.9 Å². The Morgan fingerprint density at radius 3 is 2.19 bits per heavy atom. The molecular weight excluding hydrogens is 693 g/mol. The van der Waals surface area contributed by atoms with Gasteiger partial charge in [-0.15, -0.1) is 0 Å². The van der Waals surface area contributed by atoms with Gasteiger partial charge in [0.05, 0.1) is 18.3 Å². The lowest BCUT2D eigenvalue weighted by Gasteiger charge is -2.19. The maximum Gasteiger partial charge on any atom is 0.416 e. The number of imidazole rings is 1. The van der Waals surface area contributed by atoms with Crippen molar-refractivity contribution in [2.24, 2.45) is 0 Å². The molecule has 6 rings (SSSR count). The van der Waals surface area contributed by atoms with Crippen LogP contribution in [0.3, 0.4) is 0 Å². The molecule has 0 saturated carbocycles. The Balaban J connectivity index is 1.31. The maximum absolute atomic E-state index is 13.6. The van der Waals surface area contributed by atoms with Crippen LogP contribution in [-0.2, 0) is 37.9 Å². The normalized spacial score (nSPS) is 12.8. The fourth-order valence-corrected chi connectivity index (χ4v) is 7.39. The number of rotatable bonds is 14. The fraction of sp³-hybridized carbons (Fsp3) is 0.333. The Kier molecular flexibility index (Phi) is 11.6. The number of hydrogen-bond acceptors (Lipinski definition) is 6. The minimum absolute atomic E-state index is 0.241. The second kappa shape index (κ2) is 16.3. The van der Waals surface area contributed by atoms with Crippen molar-refractivity contribution in [3.05, 3.63) is 135 Å². The fourth-order valence-electron chi connectivity index (χ4n) is 6.42. The number of halogens is 4. The zero-order chi connectivity index (χ0) is 36.8. The van der Waals surface area contributed by atoms with Crippen molar-refractivity contribution >= 4 is 17.7 Å². The van der Waals surface area contributed by atoms with Crippen molar-refractivity contribution in [3.8, 4) is 11.1 Å².